The zero-order valence-electron chi connectivity index (χ0n) is 17.4. The first kappa shape index (κ1) is 19.9. The summed E-state index contributed by atoms with van der Waals surface area (Å²) in [5, 5.41) is 16.3. The number of hydrogen-bond donors (Lipinski definition) is 1. The van der Waals surface area contributed by atoms with Gasteiger partial charge in [-0.1, -0.05) is 18.6 Å². The van der Waals surface area contributed by atoms with Gasteiger partial charge in [-0.05, 0) is 63.0 Å². The van der Waals surface area contributed by atoms with E-state index in [1.165, 1.54) is 44.1 Å². The van der Waals surface area contributed by atoms with Gasteiger partial charge in [0.25, 0.3) is 0 Å². The van der Waals surface area contributed by atoms with Gasteiger partial charge in [0, 0.05) is 32.5 Å². The number of anilines is 1. The first-order valence-corrected chi connectivity index (χ1v) is 11.1. The van der Waals surface area contributed by atoms with Crippen LogP contribution in [0, 0.1) is 5.92 Å². The van der Waals surface area contributed by atoms with E-state index < -0.39 is 0 Å². The molecule has 0 radical (unpaired) electrons. The quantitative estimate of drug-likeness (QED) is 0.727. The molecule has 1 saturated heterocycles. The minimum absolute atomic E-state index is 0.0688. The molecule has 2 aliphatic rings. The fourth-order valence-corrected chi connectivity index (χ4v) is 4.19. The van der Waals surface area contributed by atoms with E-state index in [-0.39, 0.29) is 5.91 Å². The summed E-state index contributed by atoms with van der Waals surface area (Å²) in [6.07, 6.45) is 11.6. The molecule has 1 amide bonds. The van der Waals surface area contributed by atoms with Gasteiger partial charge < -0.3 is 10.2 Å². The Morgan fingerprint density at radius 3 is 2.83 bits per heavy atom. The highest BCUT2D eigenvalue weighted by molar-refractivity contribution is 5.76. The van der Waals surface area contributed by atoms with Crippen molar-refractivity contribution in [3.63, 3.8) is 0 Å². The Morgan fingerprint density at radius 1 is 1.17 bits per heavy atom. The summed E-state index contributed by atoms with van der Waals surface area (Å²) in [6.45, 7) is 5.11. The monoisotopic (exact) mass is 396 g/mol. The summed E-state index contributed by atoms with van der Waals surface area (Å²) in [7, 11) is 0. The largest absolute Gasteiger partial charge is 0.356 e. The molecule has 0 spiro atoms. The summed E-state index contributed by atoms with van der Waals surface area (Å²) in [5.74, 6) is 2.57. The van der Waals surface area contributed by atoms with Crippen molar-refractivity contribution in [2.45, 2.75) is 64.7 Å². The number of carbonyl (C=O) groups excluding carboxylic acids is 1. The molecule has 7 heteroatoms. The van der Waals surface area contributed by atoms with Crippen molar-refractivity contribution < 1.29 is 4.79 Å². The lowest BCUT2D eigenvalue weighted by Crippen LogP contribution is -2.33. The second-order valence-electron chi connectivity index (χ2n) is 8.46. The molecule has 29 heavy (non-hydrogen) atoms. The van der Waals surface area contributed by atoms with Gasteiger partial charge in [0.15, 0.2) is 11.5 Å². The van der Waals surface area contributed by atoms with Gasteiger partial charge in [0.05, 0.1) is 0 Å². The molecular weight excluding hydrogens is 364 g/mol. The Bertz CT molecular complexity index is 865. The van der Waals surface area contributed by atoms with Crippen molar-refractivity contribution in [1.82, 2.24) is 25.1 Å². The second kappa shape index (κ2) is 9.37. The fraction of sp³-hybridized carbons (Fsp3) is 0.636. The number of piperidine rings is 1. The van der Waals surface area contributed by atoms with Crippen molar-refractivity contribution >= 4 is 17.4 Å². The van der Waals surface area contributed by atoms with E-state index >= 15 is 0 Å². The highest BCUT2D eigenvalue weighted by atomic mass is 16.1. The van der Waals surface area contributed by atoms with Crippen LogP contribution in [0.4, 0.5) is 5.82 Å². The van der Waals surface area contributed by atoms with Gasteiger partial charge in [-0.15, -0.1) is 15.3 Å². The Labute approximate surface area is 172 Å². The van der Waals surface area contributed by atoms with E-state index in [0.29, 0.717) is 12.8 Å². The average Bonchev–Trinajstić information content (AvgIpc) is 3.16. The third-order valence-corrected chi connectivity index (χ3v) is 6.15. The molecule has 1 aliphatic heterocycles. The fourth-order valence-electron chi connectivity index (χ4n) is 4.19. The number of amides is 1. The van der Waals surface area contributed by atoms with Gasteiger partial charge in [-0.25, -0.2) is 0 Å². The molecule has 1 aliphatic carbocycles. The minimum atomic E-state index is 0.0688. The molecular formula is C22H32N6O. The number of rotatable bonds is 7. The summed E-state index contributed by atoms with van der Waals surface area (Å²) < 4.78 is 1.80. The Balaban J connectivity index is 1.31. The number of allylic oxidation sites excluding steroid dienone is 1. The summed E-state index contributed by atoms with van der Waals surface area (Å²) >= 11 is 0. The zero-order valence-corrected chi connectivity index (χ0v) is 17.4. The van der Waals surface area contributed by atoms with Crippen molar-refractivity contribution in [2.75, 3.05) is 24.5 Å². The van der Waals surface area contributed by atoms with Gasteiger partial charge >= 0.3 is 0 Å². The molecule has 4 rings (SSSR count). The van der Waals surface area contributed by atoms with Crippen LogP contribution in [0.5, 0.6) is 0 Å². The summed E-state index contributed by atoms with van der Waals surface area (Å²) in [6, 6.07) is 3.99. The molecule has 7 nitrogen and oxygen atoms in total. The van der Waals surface area contributed by atoms with Gasteiger partial charge in [0.1, 0.15) is 5.82 Å². The average molecular weight is 397 g/mol. The third-order valence-electron chi connectivity index (χ3n) is 6.15. The van der Waals surface area contributed by atoms with E-state index in [0.717, 1.165) is 49.3 Å². The van der Waals surface area contributed by atoms with Crippen LogP contribution in [0.2, 0.25) is 0 Å². The number of aryl methyl sites for hydroxylation is 1. The van der Waals surface area contributed by atoms with Crippen molar-refractivity contribution in [3.05, 3.63) is 29.6 Å². The van der Waals surface area contributed by atoms with Crippen LogP contribution >= 0.6 is 0 Å². The Kier molecular flexibility index (Phi) is 6.42. The third kappa shape index (κ3) is 5.14. The molecule has 3 heterocycles. The number of hydrogen-bond acceptors (Lipinski definition) is 5. The Hall–Kier alpha value is -2.44. The number of nitrogens with zero attached hydrogens (tertiary/aromatic N) is 5. The smallest absolute Gasteiger partial charge is 0.220 e. The molecule has 1 fully saturated rings. The lowest BCUT2D eigenvalue weighted by Gasteiger charge is -2.30. The molecule has 2 aromatic rings. The maximum absolute atomic E-state index is 12.2. The molecule has 1 N–H and O–H groups in total. The number of fused-ring (bicyclic) bond motifs is 1. The van der Waals surface area contributed by atoms with Crippen LogP contribution in [-0.4, -0.2) is 45.4 Å². The van der Waals surface area contributed by atoms with Gasteiger partial charge in [0.2, 0.25) is 5.91 Å². The molecule has 0 atom stereocenters. The first-order valence-electron chi connectivity index (χ1n) is 11.1. The summed E-state index contributed by atoms with van der Waals surface area (Å²) in [5.41, 5.74) is 2.22. The lowest BCUT2D eigenvalue weighted by atomic mass is 9.97. The van der Waals surface area contributed by atoms with Gasteiger partial charge in [-0.2, -0.15) is 4.52 Å². The van der Waals surface area contributed by atoms with Crippen LogP contribution in [0.15, 0.2) is 23.8 Å². The predicted octanol–water partition coefficient (Wildman–Crippen LogP) is 3.30. The van der Waals surface area contributed by atoms with Crippen molar-refractivity contribution in [3.8, 4) is 0 Å². The van der Waals surface area contributed by atoms with Crippen molar-refractivity contribution in [1.29, 1.82) is 0 Å². The highest BCUT2D eigenvalue weighted by Gasteiger charge is 2.18. The van der Waals surface area contributed by atoms with Gasteiger partial charge in [-0.3, -0.25) is 4.79 Å². The second-order valence-corrected chi connectivity index (χ2v) is 8.46. The molecule has 0 aromatic carbocycles. The van der Waals surface area contributed by atoms with Crippen LogP contribution in [0.25, 0.3) is 5.65 Å². The standard InChI is InChI=1S/C22H32N6O/c1-17-12-15-27(16-13-17)21-8-7-19-24-25-20(28(19)26-21)9-10-22(29)23-14-11-18-5-3-2-4-6-18/h5,7-8,17H,2-4,6,9-16H2,1H3,(H,23,29). The zero-order chi connectivity index (χ0) is 20.1. The normalized spacial score (nSPS) is 18.1. The van der Waals surface area contributed by atoms with Crippen LogP contribution in [0.1, 0.15) is 64.1 Å². The molecule has 156 valence electrons. The van der Waals surface area contributed by atoms with Crippen molar-refractivity contribution in [2.24, 2.45) is 5.92 Å². The first-order chi connectivity index (χ1) is 14.2. The molecule has 2 aromatic heterocycles. The number of aromatic nitrogens is 4. The molecule has 0 unspecified atom stereocenters. The van der Waals surface area contributed by atoms with Crippen LogP contribution < -0.4 is 10.2 Å². The maximum atomic E-state index is 12.2. The topological polar surface area (TPSA) is 75.4 Å². The highest BCUT2D eigenvalue weighted by Crippen LogP contribution is 2.22. The van der Waals surface area contributed by atoms with E-state index in [1.807, 2.05) is 12.1 Å². The molecule has 0 saturated carbocycles. The van der Waals surface area contributed by atoms with E-state index in [9.17, 15) is 4.79 Å². The number of nitrogens with one attached hydrogen (secondary N) is 1. The van der Waals surface area contributed by atoms with E-state index in [4.69, 9.17) is 5.10 Å². The lowest BCUT2D eigenvalue weighted by molar-refractivity contribution is -0.121. The minimum Gasteiger partial charge on any atom is -0.356 e. The Morgan fingerprint density at radius 2 is 2.03 bits per heavy atom. The SMILES string of the molecule is CC1CCN(c2ccc3nnc(CCC(=O)NCCC4=CCCCC4)n3n2)CC1. The van der Waals surface area contributed by atoms with E-state index in [2.05, 4.69) is 33.4 Å². The summed E-state index contributed by atoms with van der Waals surface area (Å²) in [4.78, 5) is 14.6. The maximum Gasteiger partial charge on any atom is 0.220 e. The predicted molar refractivity (Wildman–Crippen MR) is 114 cm³/mol. The number of carbonyl (C=O) groups is 1. The van der Waals surface area contributed by atoms with E-state index in [1.54, 1.807) is 4.52 Å². The molecule has 0 bridgehead atoms. The van der Waals surface area contributed by atoms with Crippen LogP contribution in [-0.2, 0) is 11.2 Å². The van der Waals surface area contributed by atoms with Crippen LogP contribution in [0.3, 0.4) is 0 Å².